The van der Waals surface area contributed by atoms with Gasteiger partial charge in [0, 0.05) is 31.5 Å². The van der Waals surface area contributed by atoms with Crippen molar-refractivity contribution in [3.8, 4) is 5.75 Å². The van der Waals surface area contributed by atoms with Gasteiger partial charge in [-0.2, -0.15) is 0 Å². The van der Waals surface area contributed by atoms with Crippen LogP contribution in [-0.4, -0.2) is 56.6 Å². The number of hydrogen-bond acceptors (Lipinski definition) is 5. The second-order valence-corrected chi connectivity index (χ2v) is 13.9. The summed E-state index contributed by atoms with van der Waals surface area (Å²) in [6.45, 7) is 9.97. The van der Waals surface area contributed by atoms with Crippen molar-refractivity contribution < 1.29 is 22.7 Å². The van der Waals surface area contributed by atoms with Gasteiger partial charge in [0.25, 0.3) is 0 Å². The molecule has 0 aliphatic rings. The standard InChI is InChI=1S/C34H45N3O5S/c1-25-18-19-29(21-26(25)2)37(43(7,40)41)20-12-17-32(38)36(24-28-15-11-16-30(22-28)42-6)31(33(39)35-34(3,4)5)23-27-13-9-8-10-14-27/h8-11,13-16,18-19,21-22,31H,12,17,20,23-24H2,1-7H3,(H,35,39)/t31-/m1/s1. The van der Waals surface area contributed by atoms with Crippen LogP contribution >= 0.6 is 0 Å². The van der Waals surface area contributed by atoms with Crippen LogP contribution in [0.4, 0.5) is 5.69 Å². The molecule has 3 aromatic carbocycles. The van der Waals surface area contributed by atoms with Crippen LogP contribution in [0.5, 0.6) is 5.75 Å². The lowest BCUT2D eigenvalue weighted by Gasteiger charge is -2.34. The van der Waals surface area contributed by atoms with E-state index in [4.69, 9.17) is 4.74 Å². The molecule has 0 aliphatic carbocycles. The number of amides is 2. The van der Waals surface area contributed by atoms with Gasteiger partial charge < -0.3 is 15.0 Å². The number of ether oxygens (including phenoxy) is 1. The summed E-state index contributed by atoms with van der Waals surface area (Å²) >= 11 is 0. The zero-order chi connectivity index (χ0) is 31.8. The highest BCUT2D eigenvalue weighted by molar-refractivity contribution is 7.92. The largest absolute Gasteiger partial charge is 0.497 e. The summed E-state index contributed by atoms with van der Waals surface area (Å²) < 4.78 is 32.2. The Morgan fingerprint density at radius 2 is 1.58 bits per heavy atom. The third-order valence-corrected chi connectivity index (χ3v) is 8.38. The highest BCUT2D eigenvalue weighted by Gasteiger charge is 2.32. The van der Waals surface area contributed by atoms with Gasteiger partial charge in [0.2, 0.25) is 21.8 Å². The maximum Gasteiger partial charge on any atom is 0.243 e. The average molecular weight is 608 g/mol. The van der Waals surface area contributed by atoms with Crippen molar-refractivity contribution in [2.24, 2.45) is 0 Å². The third-order valence-electron chi connectivity index (χ3n) is 7.19. The van der Waals surface area contributed by atoms with Crippen molar-refractivity contribution in [1.29, 1.82) is 0 Å². The maximum atomic E-state index is 14.0. The molecule has 232 valence electrons. The Bertz CT molecular complexity index is 1500. The molecule has 0 spiro atoms. The fraction of sp³-hybridized carbons (Fsp3) is 0.412. The summed E-state index contributed by atoms with van der Waals surface area (Å²) in [4.78, 5) is 29.4. The zero-order valence-corrected chi connectivity index (χ0v) is 27.2. The summed E-state index contributed by atoms with van der Waals surface area (Å²) in [5, 5.41) is 3.06. The first-order chi connectivity index (χ1) is 20.2. The number of hydrogen-bond donors (Lipinski definition) is 1. The van der Waals surface area contributed by atoms with E-state index in [1.54, 1.807) is 18.1 Å². The second kappa shape index (κ2) is 14.6. The first-order valence-electron chi connectivity index (χ1n) is 14.5. The molecule has 0 saturated heterocycles. The van der Waals surface area contributed by atoms with E-state index in [1.165, 1.54) is 10.6 Å². The average Bonchev–Trinajstić information content (AvgIpc) is 2.93. The minimum absolute atomic E-state index is 0.0644. The molecule has 43 heavy (non-hydrogen) atoms. The minimum atomic E-state index is -3.58. The number of rotatable bonds is 13. The number of sulfonamides is 1. The summed E-state index contributed by atoms with van der Waals surface area (Å²) in [6.07, 6.45) is 1.85. The fourth-order valence-electron chi connectivity index (χ4n) is 4.86. The molecular formula is C34H45N3O5S. The normalized spacial score (nSPS) is 12.3. The Labute approximate surface area is 257 Å². The molecule has 1 N–H and O–H groups in total. The van der Waals surface area contributed by atoms with Gasteiger partial charge in [-0.1, -0.05) is 48.5 Å². The lowest BCUT2D eigenvalue weighted by molar-refractivity contribution is -0.142. The van der Waals surface area contributed by atoms with Crippen molar-refractivity contribution in [3.05, 3.63) is 95.1 Å². The molecule has 3 rings (SSSR count). The van der Waals surface area contributed by atoms with Gasteiger partial charge in [-0.15, -0.1) is 0 Å². The smallest absolute Gasteiger partial charge is 0.243 e. The van der Waals surface area contributed by atoms with E-state index in [1.807, 2.05) is 101 Å². The van der Waals surface area contributed by atoms with Crippen molar-refractivity contribution in [3.63, 3.8) is 0 Å². The molecule has 0 aliphatic heterocycles. The molecular weight excluding hydrogens is 562 g/mol. The number of methoxy groups -OCH3 is 1. The van der Waals surface area contributed by atoms with Crippen LogP contribution in [0, 0.1) is 13.8 Å². The Kier molecular flexibility index (Phi) is 11.4. The number of anilines is 1. The SMILES string of the molecule is COc1cccc(CN(C(=O)CCCN(c2ccc(C)c(C)c2)S(C)(=O)=O)[C@H](Cc2ccccc2)C(=O)NC(C)(C)C)c1. The van der Waals surface area contributed by atoms with Crippen molar-refractivity contribution in [2.45, 2.75) is 72.0 Å². The molecule has 0 heterocycles. The highest BCUT2D eigenvalue weighted by Crippen LogP contribution is 2.23. The molecule has 0 aromatic heterocycles. The van der Waals surface area contributed by atoms with E-state index < -0.39 is 21.6 Å². The second-order valence-electron chi connectivity index (χ2n) is 12.0. The van der Waals surface area contributed by atoms with E-state index in [0.717, 1.165) is 22.3 Å². The van der Waals surface area contributed by atoms with E-state index in [2.05, 4.69) is 5.32 Å². The van der Waals surface area contributed by atoms with Crippen LogP contribution in [0.2, 0.25) is 0 Å². The summed E-state index contributed by atoms with van der Waals surface area (Å²) in [5.74, 6) is 0.169. The minimum Gasteiger partial charge on any atom is -0.497 e. The van der Waals surface area contributed by atoms with Crippen LogP contribution in [0.15, 0.2) is 72.8 Å². The van der Waals surface area contributed by atoms with Crippen LogP contribution < -0.4 is 14.4 Å². The quantitative estimate of drug-likeness (QED) is 0.280. The van der Waals surface area contributed by atoms with E-state index in [0.29, 0.717) is 17.9 Å². The van der Waals surface area contributed by atoms with Gasteiger partial charge in [0.05, 0.1) is 19.1 Å². The number of carbonyl (C=O) groups is 2. The molecule has 0 saturated carbocycles. The molecule has 8 nitrogen and oxygen atoms in total. The number of nitrogens with one attached hydrogen (secondary N) is 1. The fourth-order valence-corrected chi connectivity index (χ4v) is 5.82. The Hall–Kier alpha value is -3.85. The van der Waals surface area contributed by atoms with Gasteiger partial charge in [-0.25, -0.2) is 8.42 Å². The lowest BCUT2D eigenvalue weighted by Crippen LogP contribution is -2.54. The molecule has 0 radical (unpaired) electrons. The Balaban J connectivity index is 1.93. The summed E-state index contributed by atoms with van der Waals surface area (Å²) in [5.41, 5.74) is 3.87. The monoisotopic (exact) mass is 607 g/mol. The molecule has 0 fully saturated rings. The van der Waals surface area contributed by atoms with Crippen molar-refractivity contribution >= 4 is 27.5 Å². The zero-order valence-electron chi connectivity index (χ0n) is 26.4. The molecule has 0 bridgehead atoms. The summed E-state index contributed by atoms with van der Waals surface area (Å²) in [7, 11) is -2.00. The topological polar surface area (TPSA) is 96.0 Å². The number of nitrogens with zero attached hydrogens (tertiary/aromatic N) is 2. The van der Waals surface area contributed by atoms with Crippen molar-refractivity contribution in [2.75, 3.05) is 24.2 Å². The van der Waals surface area contributed by atoms with Crippen LogP contribution in [0.25, 0.3) is 0 Å². The maximum absolute atomic E-state index is 14.0. The number of benzene rings is 3. The van der Waals surface area contributed by atoms with Gasteiger partial charge in [-0.05, 0) is 87.6 Å². The molecule has 0 unspecified atom stereocenters. The molecule has 3 aromatic rings. The number of aryl methyl sites for hydroxylation is 2. The summed E-state index contributed by atoms with van der Waals surface area (Å²) in [6, 6.07) is 21.8. The van der Waals surface area contributed by atoms with Gasteiger partial charge in [-0.3, -0.25) is 13.9 Å². The first kappa shape index (κ1) is 33.6. The van der Waals surface area contributed by atoms with Gasteiger partial charge in [0.15, 0.2) is 0 Å². The lowest BCUT2D eigenvalue weighted by atomic mass is 10.00. The molecule has 2 amide bonds. The van der Waals surface area contributed by atoms with E-state index >= 15 is 0 Å². The van der Waals surface area contributed by atoms with Crippen LogP contribution in [-0.2, 0) is 32.6 Å². The highest BCUT2D eigenvalue weighted by atomic mass is 32.2. The van der Waals surface area contributed by atoms with Gasteiger partial charge >= 0.3 is 0 Å². The molecule has 1 atom stereocenters. The van der Waals surface area contributed by atoms with Crippen molar-refractivity contribution in [1.82, 2.24) is 10.2 Å². The Morgan fingerprint density at radius 3 is 2.19 bits per heavy atom. The Morgan fingerprint density at radius 1 is 0.907 bits per heavy atom. The molecule has 9 heteroatoms. The predicted octanol–water partition coefficient (Wildman–Crippen LogP) is 5.41. The van der Waals surface area contributed by atoms with Crippen LogP contribution in [0.1, 0.15) is 55.9 Å². The number of carbonyl (C=O) groups excluding carboxylic acids is 2. The van der Waals surface area contributed by atoms with E-state index in [9.17, 15) is 18.0 Å². The predicted molar refractivity (Wildman–Crippen MR) is 173 cm³/mol. The van der Waals surface area contributed by atoms with E-state index in [-0.39, 0.29) is 37.7 Å². The van der Waals surface area contributed by atoms with Gasteiger partial charge in [0.1, 0.15) is 11.8 Å². The first-order valence-corrected chi connectivity index (χ1v) is 16.4. The third kappa shape index (κ3) is 10.1. The van der Waals surface area contributed by atoms with Crippen LogP contribution in [0.3, 0.4) is 0 Å².